The molecule has 1 heterocycles. The zero-order chi connectivity index (χ0) is 19.2. The number of esters is 1. The Kier molecular flexibility index (Phi) is 6.19. The van der Waals surface area contributed by atoms with Crippen molar-refractivity contribution in [1.82, 2.24) is 9.88 Å². The highest BCUT2D eigenvalue weighted by Crippen LogP contribution is 2.19. The Balaban J connectivity index is 1.60. The van der Waals surface area contributed by atoms with Gasteiger partial charge < -0.3 is 9.64 Å². The summed E-state index contributed by atoms with van der Waals surface area (Å²) in [5.74, 6) is -0.685. The van der Waals surface area contributed by atoms with Crippen LogP contribution in [0.1, 0.15) is 34.8 Å². The van der Waals surface area contributed by atoms with Crippen LogP contribution in [0, 0.1) is 6.92 Å². The first-order valence-corrected chi connectivity index (χ1v) is 9.78. The first kappa shape index (κ1) is 19.0. The lowest BCUT2D eigenvalue weighted by Crippen LogP contribution is -2.34. The van der Waals surface area contributed by atoms with E-state index in [0.717, 1.165) is 22.2 Å². The molecule has 1 amide bonds. The molecule has 3 rings (SSSR count). The summed E-state index contributed by atoms with van der Waals surface area (Å²) in [6.07, 6.45) is 0.841. The molecule has 0 aliphatic carbocycles. The van der Waals surface area contributed by atoms with E-state index in [-0.39, 0.29) is 12.5 Å². The number of carbonyl (C=O) groups excluding carboxylic acids is 2. The number of benzene rings is 2. The third-order valence-electron chi connectivity index (χ3n) is 4.23. The largest absolute Gasteiger partial charge is 0.452 e. The Bertz CT molecular complexity index is 934. The van der Waals surface area contributed by atoms with E-state index in [4.69, 9.17) is 4.74 Å². The van der Waals surface area contributed by atoms with E-state index in [1.165, 1.54) is 16.9 Å². The minimum atomic E-state index is -0.495. The average molecular weight is 382 g/mol. The van der Waals surface area contributed by atoms with Gasteiger partial charge in [0.15, 0.2) is 6.61 Å². The van der Waals surface area contributed by atoms with Crippen LogP contribution < -0.4 is 0 Å². The van der Waals surface area contributed by atoms with Gasteiger partial charge in [-0.25, -0.2) is 9.78 Å². The third-order valence-corrected chi connectivity index (χ3v) is 5.03. The van der Waals surface area contributed by atoms with Crippen LogP contribution in [0.15, 0.2) is 48.0 Å². The summed E-state index contributed by atoms with van der Waals surface area (Å²) in [5.41, 5.74) is 5.25. The molecule has 0 bridgehead atoms. The minimum Gasteiger partial charge on any atom is -0.452 e. The number of nitrogens with zero attached hydrogens (tertiary/aromatic N) is 2. The molecule has 0 N–H and O–H groups in total. The average Bonchev–Trinajstić information content (AvgIpc) is 3.15. The summed E-state index contributed by atoms with van der Waals surface area (Å²) in [6, 6.07) is 13.3. The van der Waals surface area contributed by atoms with Crippen LogP contribution in [0.25, 0.3) is 10.2 Å². The highest BCUT2D eigenvalue weighted by Gasteiger charge is 2.17. The standard InChI is InChI=1S/C21H22N2O3S/c1-3-10-23(12-16-6-4-15(2)5-7-16)20(24)13-26-21(25)17-8-9-18-19(11-17)27-14-22-18/h4-9,11,14H,3,10,12-13H2,1-2H3. The minimum absolute atomic E-state index is 0.190. The molecular weight excluding hydrogens is 360 g/mol. The van der Waals surface area contributed by atoms with E-state index in [1.54, 1.807) is 28.6 Å². The van der Waals surface area contributed by atoms with Gasteiger partial charge in [-0.1, -0.05) is 36.8 Å². The maximum atomic E-state index is 12.6. The number of aryl methyl sites for hydroxylation is 1. The molecule has 6 heteroatoms. The zero-order valence-corrected chi connectivity index (χ0v) is 16.3. The summed E-state index contributed by atoms with van der Waals surface area (Å²) in [6.45, 7) is 4.92. The lowest BCUT2D eigenvalue weighted by Gasteiger charge is -2.22. The van der Waals surface area contributed by atoms with E-state index >= 15 is 0 Å². The number of thiazole rings is 1. The number of fused-ring (bicyclic) bond motifs is 1. The van der Waals surface area contributed by atoms with Crippen molar-refractivity contribution in [3.63, 3.8) is 0 Å². The number of ether oxygens (including phenoxy) is 1. The second-order valence-corrected chi connectivity index (χ2v) is 7.30. The maximum Gasteiger partial charge on any atom is 0.338 e. The molecule has 0 unspecified atom stereocenters. The molecule has 3 aromatic rings. The normalized spacial score (nSPS) is 10.7. The lowest BCUT2D eigenvalue weighted by molar-refractivity contribution is -0.135. The SMILES string of the molecule is CCCN(Cc1ccc(C)cc1)C(=O)COC(=O)c1ccc2ncsc2c1. The molecule has 0 aliphatic rings. The first-order valence-electron chi connectivity index (χ1n) is 8.90. The van der Waals surface area contributed by atoms with Gasteiger partial charge in [0.2, 0.25) is 0 Å². The summed E-state index contributed by atoms with van der Waals surface area (Å²) in [7, 11) is 0. The van der Waals surface area contributed by atoms with Crippen LogP contribution in [0.4, 0.5) is 0 Å². The second kappa shape index (κ2) is 8.77. The molecule has 0 atom stereocenters. The molecule has 0 saturated heterocycles. The highest BCUT2D eigenvalue weighted by atomic mass is 32.1. The molecule has 0 saturated carbocycles. The molecule has 5 nitrogen and oxygen atoms in total. The van der Waals surface area contributed by atoms with Crippen molar-refractivity contribution < 1.29 is 14.3 Å². The number of aromatic nitrogens is 1. The fraction of sp³-hybridized carbons (Fsp3) is 0.286. The van der Waals surface area contributed by atoms with Gasteiger partial charge in [0.05, 0.1) is 21.3 Å². The van der Waals surface area contributed by atoms with Crippen LogP contribution in [0.3, 0.4) is 0 Å². The van der Waals surface area contributed by atoms with E-state index in [0.29, 0.717) is 18.7 Å². The van der Waals surface area contributed by atoms with Gasteiger partial charge in [0, 0.05) is 13.1 Å². The Labute approximate surface area is 162 Å². The number of hydrogen-bond acceptors (Lipinski definition) is 5. The van der Waals surface area contributed by atoms with Gasteiger partial charge >= 0.3 is 5.97 Å². The van der Waals surface area contributed by atoms with Crippen LogP contribution in [-0.2, 0) is 16.1 Å². The molecule has 2 aromatic carbocycles. The molecule has 140 valence electrons. The van der Waals surface area contributed by atoms with Gasteiger partial charge in [-0.15, -0.1) is 11.3 Å². The Morgan fingerprint density at radius 1 is 1.15 bits per heavy atom. The fourth-order valence-corrected chi connectivity index (χ4v) is 3.48. The number of rotatable bonds is 7. The molecule has 1 aromatic heterocycles. The summed E-state index contributed by atoms with van der Waals surface area (Å²) >= 11 is 1.46. The number of amides is 1. The molecule has 0 spiro atoms. The van der Waals surface area contributed by atoms with E-state index < -0.39 is 5.97 Å². The zero-order valence-electron chi connectivity index (χ0n) is 15.5. The van der Waals surface area contributed by atoms with Crippen molar-refractivity contribution >= 4 is 33.4 Å². The van der Waals surface area contributed by atoms with Gasteiger partial charge in [-0.3, -0.25) is 4.79 Å². The van der Waals surface area contributed by atoms with E-state index in [9.17, 15) is 9.59 Å². The fourth-order valence-electron chi connectivity index (χ4n) is 2.76. The third kappa shape index (κ3) is 4.92. The van der Waals surface area contributed by atoms with Crippen LogP contribution in [0.2, 0.25) is 0 Å². The highest BCUT2D eigenvalue weighted by molar-refractivity contribution is 7.16. The van der Waals surface area contributed by atoms with Crippen LogP contribution >= 0.6 is 11.3 Å². The Hall–Kier alpha value is -2.73. The van der Waals surface area contributed by atoms with Crippen LogP contribution in [-0.4, -0.2) is 34.9 Å². The summed E-state index contributed by atoms with van der Waals surface area (Å²) < 4.78 is 6.17. The summed E-state index contributed by atoms with van der Waals surface area (Å²) in [4.78, 5) is 30.7. The predicted molar refractivity (Wildman–Crippen MR) is 107 cm³/mol. The molecule has 27 heavy (non-hydrogen) atoms. The number of carbonyl (C=O) groups is 2. The Morgan fingerprint density at radius 2 is 1.93 bits per heavy atom. The van der Waals surface area contributed by atoms with Crippen LogP contribution in [0.5, 0.6) is 0 Å². The molecule has 0 aliphatic heterocycles. The van der Waals surface area contributed by atoms with Gasteiger partial charge in [0.1, 0.15) is 0 Å². The lowest BCUT2D eigenvalue weighted by atomic mass is 10.1. The van der Waals surface area contributed by atoms with Crippen molar-refractivity contribution in [3.8, 4) is 0 Å². The molecule has 0 radical (unpaired) electrons. The van der Waals surface area contributed by atoms with Crippen molar-refractivity contribution in [3.05, 3.63) is 64.7 Å². The quantitative estimate of drug-likeness (QED) is 0.575. The van der Waals surface area contributed by atoms with E-state index in [2.05, 4.69) is 4.98 Å². The van der Waals surface area contributed by atoms with Crippen molar-refractivity contribution in [2.75, 3.05) is 13.2 Å². The second-order valence-electron chi connectivity index (χ2n) is 6.41. The smallest absolute Gasteiger partial charge is 0.338 e. The Morgan fingerprint density at radius 3 is 2.67 bits per heavy atom. The first-order chi connectivity index (χ1) is 13.1. The predicted octanol–water partition coefficient (Wildman–Crippen LogP) is 4.20. The molecular formula is C21H22N2O3S. The van der Waals surface area contributed by atoms with Gasteiger partial charge in [-0.2, -0.15) is 0 Å². The topological polar surface area (TPSA) is 59.5 Å². The number of hydrogen-bond donors (Lipinski definition) is 0. The summed E-state index contributed by atoms with van der Waals surface area (Å²) in [5, 5.41) is 0. The van der Waals surface area contributed by atoms with Crippen molar-refractivity contribution in [2.45, 2.75) is 26.8 Å². The van der Waals surface area contributed by atoms with Crippen molar-refractivity contribution in [1.29, 1.82) is 0 Å². The maximum absolute atomic E-state index is 12.6. The van der Waals surface area contributed by atoms with Crippen molar-refractivity contribution in [2.24, 2.45) is 0 Å². The van der Waals surface area contributed by atoms with Gasteiger partial charge in [0.25, 0.3) is 5.91 Å². The molecule has 0 fully saturated rings. The van der Waals surface area contributed by atoms with E-state index in [1.807, 2.05) is 38.1 Å². The van der Waals surface area contributed by atoms with Gasteiger partial charge in [-0.05, 0) is 37.1 Å². The monoisotopic (exact) mass is 382 g/mol.